The quantitative estimate of drug-likeness (QED) is 0.808. The first-order chi connectivity index (χ1) is 10.3. The molecule has 5 nitrogen and oxygen atoms in total. The average molecular weight is 292 g/mol. The van der Waals surface area contributed by atoms with Gasteiger partial charge < -0.3 is 20.4 Å². The maximum absolute atomic E-state index is 13.8. The van der Waals surface area contributed by atoms with Gasteiger partial charge in [0.15, 0.2) is 0 Å². The summed E-state index contributed by atoms with van der Waals surface area (Å²) in [5, 5.41) is 6.47. The molecule has 0 radical (unpaired) electrons. The van der Waals surface area contributed by atoms with E-state index in [9.17, 15) is 9.18 Å². The molecule has 2 saturated heterocycles. The Hall–Kier alpha value is -1.66. The molecule has 0 spiro atoms. The lowest BCUT2D eigenvalue weighted by Gasteiger charge is -2.38. The van der Waals surface area contributed by atoms with Crippen LogP contribution in [-0.4, -0.2) is 62.7 Å². The normalized spacial score (nSPS) is 23.2. The molecule has 21 heavy (non-hydrogen) atoms. The van der Waals surface area contributed by atoms with E-state index in [4.69, 9.17) is 0 Å². The van der Waals surface area contributed by atoms with Gasteiger partial charge in [0.25, 0.3) is 0 Å². The molecule has 1 aromatic rings. The Balaban J connectivity index is 1.57. The van der Waals surface area contributed by atoms with Crippen LogP contribution in [0.1, 0.15) is 0 Å². The zero-order valence-corrected chi connectivity index (χ0v) is 12.0. The van der Waals surface area contributed by atoms with Crippen molar-refractivity contribution in [1.82, 2.24) is 15.5 Å². The fourth-order valence-electron chi connectivity index (χ4n) is 2.92. The van der Waals surface area contributed by atoms with Gasteiger partial charge in [-0.1, -0.05) is 12.1 Å². The zero-order chi connectivity index (χ0) is 14.7. The summed E-state index contributed by atoms with van der Waals surface area (Å²) < 4.78 is 13.8. The molecule has 2 aliphatic rings. The summed E-state index contributed by atoms with van der Waals surface area (Å²) in [5.74, 6) is -0.0502. The second-order valence-corrected chi connectivity index (χ2v) is 5.47. The number of anilines is 1. The summed E-state index contributed by atoms with van der Waals surface area (Å²) in [6.07, 6.45) is 0. The minimum Gasteiger partial charge on any atom is -0.366 e. The molecule has 3 rings (SSSR count). The molecule has 0 aromatic heterocycles. The van der Waals surface area contributed by atoms with Gasteiger partial charge in [0.1, 0.15) is 5.82 Å². The van der Waals surface area contributed by atoms with Crippen molar-refractivity contribution in [3.05, 3.63) is 30.1 Å². The lowest BCUT2D eigenvalue weighted by Crippen LogP contribution is -2.59. The number of nitrogens with zero attached hydrogens (tertiary/aromatic N) is 2. The Bertz CT molecular complexity index is 496. The highest BCUT2D eigenvalue weighted by molar-refractivity contribution is 5.82. The number of benzene rings is 1. The molecule has 1 atom stereocenters. The van der Waals surface area contributed by atoms with E-state index in [-0.39, 0.29) is 17.8 Å². The van der Waals surface area contributed by atoms with Gasteiger partial charge in [-0.2, -0.15) is 0 Å². The minimum absolute atomic E-state index is 0.126. The lowest BCUT2D eigenvalue weighted by molar-refractivity contribution is -0.133. The fourth-order valence-corrected chi connectivity index (χ4v) is 2.92. The summed E-state index contributed by atoms with van der Waals surface area (Å²) in [6.45, 7) is 5.05. The zero-order valence-electron chi connectivity index (χ0n) is 12.0. The van der Waals surface area contributed by atoms with Crippen LogP contribution in [0.2, 0.25) is 0 Å². The van der Waals surface area contributed by atoms with Crippen molar-refractivity contribution in [1.29, 1.82) is 0 Å². The highest BCUT2D eigenvalue weighted by Gasteiger charge is 2.28. The minimum atomic E-state index is -0.199. The molecule has 2 fully saturated rings. The number of carbonyl (C=O) groups is 1. The molecular weight excluding hydrogens is 271 g/mol. The molecule has 1 aromatic carbocycles. The first-order valence-electron chi connectivity index (χ1n) is 7.48. The van der Waals surface area contributed by atoms with E-state index in [2.05, 4.69) is 10.6 Å². The number of nitrogens with one attached hydrogen (secondary N) is 2. The van der Waals surface area contributed by atoms with E-state index in [1.165, 1.54) is 6.07 Å². The molecule has 1 amide bonds. The maximum Gasteiger partial charge on any atom is 0.241 e. The van der Waals surface area contributed by atoms with Crippen molar-refractivity contribution in [3.63, 3.8) is 0 Å². The van der Waals surface area contributed by atoms with Crippen LogP contribution in [0.15, 0.2) is 24.3 Å². The number of hydrogen-bond donors (Lipinski definition) is 2. The van der Waals surface area contributed by atoms with E-state index in [0.717, 1.165) is 13.1 Å². The van der Waals surface area contributed by atoms with Gasteiger partial charge in [0.2, 0.25) is 5.91 Å². The van der Waals surface area contributed by atoms with E-state index in [1.54, 1.807) is 12.1 Å². The fraction of sp³-hybridized carbons (Fsp3) is 0.533. The van der Waals surface area contributed by atoms with Gasteiger partial charge in [0.05, 0.1) is 11.7 Å². The molecule has 6 heteroatoms. The predicted octanol–water partition coefficient (Wildman–Crippen LogP) is 0.0357. The number of piperazine rings is 2. The molecular formula is C15H21FN4O. The van der Waals surface area contributed by atoms with E-state index >= 15 is 0 Å². The third kappa shape index (κ3) is 3.16. The van der Waals surface area contributed by atoms with Crippen molar-refractivity contribution in [3.8, 4) is 0 Å². The second kappa shape index (κ2) is 6.41. The first-order valence-corrected chi connectivity index (χ1v) is 7.48. The van der Waals surface area contributed by atoms with Crippen LogP contribution in [0.4, 0.5) is 10.1 Å². The number of halogens is 1. The number of rotatable bonds is 2. The molecule has 2 aliphatic heterocycles. The van der Waals surface area contributed by atoms with E-state index in [0.29, 0.717) is 38.4 Å². The Kier molecular flexibility index (Phi) is 4.36. The van der Waals surface area contributed by atoms with Gasteiger partial charge in [-0.3, -0.25) is 4.79 Å². The number of hydrogen-bond acceptors (Lipinski definition) is 4. The topological polar surface area (TPSA) is 47.6 Å². The SMILES string of the molecule is O=C(C1CNCCN1)N1CCN(c2ccccc2F)CC1. The van der Waals surface area contributed by atoms with Crippen molar-refractivity contribution in [2.24, 2.45) is 0 Å². The predicted molar refractivity (Wildman–Crippen MR) is 79.9 cm³/mol. The Morgan fingerprint density at radius 3 is 2.57 bits per heavy atom. The highest BCUT2D eigenvalue weighted by Crippen LogP contribution is 2.20. The van der Waals surface area contributed by atoms with Crippen LogP contribution in [-0.2, 0) is 4.79 Å². The smallest absolute Gasteiger partial charge is 0.241 e. The van der Waals surface area contributed by atoms with Gasteiger partial charge >= 0.3 is 0 Å². The largest absolute Gasteiger partial charge is 0.366 e. The van der Waals surface area contributed by atoms with Crippen LogP contribution >= 0.6 is 0 Å². The summed E-state index contributed by atoms with van der Waals surface area (Å²) in [5.41, 5.74) is 0.627. The third-order valence-corrected chi connectivity index (χ3v) is 4.12. The lowest BCUT2D eigenvalue weighted by atomic mass is 10.1. The maximum atomic E-state index is 13.8. The molecule has 1 unspecified atom stereocenters. The van der Waals surface area contributed by atoms with Gasteiger partial charge in [-0.15, -0.1) is 0 Å². The first kappa shape index (κ1) is 14.3. The molecule has 114 valence electrons. The van der Waals surface area contributed by atoms with Crippen molar-refractivity contribution < 1.29 is 9.18 Å². The standard InChI is InChI=1S/C15H21FN4O/c16-12-3-1-2-4-14(12)19-7-9-20(10-8-19)15(21)13-11-17-5-6-18-13/h1-4,13,17-18H,5-11H2. The van der Waals surface area contributed by atoms with Crippen LogP contribution in [0.5, 0.6) is 0 Å². The van der Waals surface area contributed by atoms with Crippen LogP contribution in [0.3, 0.4) is 0 Å². The summed E-state index contributed by atoms with van der Waals surface area (Å²) in [6, 6.07) is 6.68. The monoisotopic (exact) mass is 292 g/mol. The molecule has 0 aliphatic carbocycles. The summed E-state index contributed by atoms with van der Waals surface area (Å²) >= 11 is 0. The van der Waals surface area contributed by atoms with Crippen molar-refractivity contribution in [2.45, 2.75) is 6.04 Å². The van der Waals surface area contributed by atoms with Crippen LogP contribution in [0, 0.1) is 5.82 Å². The Morgan fingerprint density at radius 2 is 1.90 bits per heavy atom. The van der Waals surface area contributed by atoms with Crippen molar-refractivity contribution in [2.75, 3.05) is 50.7 Å². The number of para-hydroxylation sites is 1. The van der Waals surface area contributed by atoms with Gasteiger partial charge in [-0.25, -0.2) is 4.39 Å². The third-order valence-electron chi connectivity index (χ3n) is 4.12. The van der Waals surface area contributed by atoms with Crippen LogP contribution in [0.25, 0.3) is 0 Å². The Labute approximate surface area is 124 Å². The molecule has 0 bridgehead atoms. The number of carbonyl (C=O) groups excluding carboxylic acids is 1. The summed E-state index contributed by atoms with van der Waals surface area (Å²) in [7, 11) is 0. The highest BCUT2D eigenvalue weighted by atomic mass is 19.1. The van der Waals surface area contributed by atoms with Gasteiger partial charge in [-0.05, 0) is 12.1 Å². The summed E-state index contributed by atoms with van der Waals surface area (Å²) in [4.78, 5) is 16.3. The average Bonchev–Trinajstić information content (AvgIpc) is 2.56. The molecule has 2 heterocycles. The second-order valence-electron chi connectivity index (χ2n) is 5.47. The Morgan fingerprint density at radius 1 is 1.14 bits per heavy atom. The van der Waals surface area contributed by atoms with Gasteiger partial charge in [0, 0.05) is 45.8 Å². The van der Waals surface area contributed by atoms with E-state index < -0.39 is 0 Å². The van der Waals surface area contributed by atoms with Crippen LogP contribution < -0.4 is 15.5 Å². The number of amides is 1. The van der Waals surface area contributed by atoms with Crippen molar-refractivity contribution >= 4 is 11.6 Å². The molecule has 2 N–H and O–H groups in total. The van der Waals surface area contributed by atoms with E-state index in [1.807, 2.05) is 15.9 Å². The molecule has 0 saturated carbocycles.